The van der Waals surface area contributed by atoms with Gasteiger partial charge in [-0.2, -0.15) is 0 Å². The van der Waals surface area contributed by atoms with Crippen molar-refractivity contribution in [2.45, 2.75) is 51.6 Å². The number of nitrogens with zero attached hydrogens (tertiary/aromatic N) is 3. The summed E-state index contributed by atoms with van der Waals surface area (Å²) in [5, 5.41) is 9.87. The number of aromatic carboxylic acids is 1. The highest BCUT2D eigenvalue weighted by Gasteiger charge is 2.29. The van der Waals surface area contributed by atoms with Crippen LogP contribution in [0.25, 0.3) is 0 Å². The van der Waals surface area contributed by atoms with Gasteiger partial charge in [-0.15, -0.1) is 0 Å². The van der Waals surface area contributed by atoms with E-state index in [1.54, 1.807) is 13.2 Å². The van der Waals surface area contributed by atoms with Crippen LogP contribution in [-0.2, 0) is 9.47 Å². The van der Waals surface area contributed by atoms with Crippen molar-refractivity contribution in [3.63, 3.8) is 0 Å². The molecule has 7 nitrogen and oxygen atoms in total. The summed E-state index contributed by atoms with van der Waals surface area (Å²) < 4.78 is 10.6. The summed E-state index contributed by atoms with van der Waals surface area (Å²) in [6.07, 6.45) is 4.49. The zero-order valence-electron chi connectivity index (χ0n) is 21.3. The number of morpholine rings is 1. The molecule has 7 heteroatoms. The molecular weight excluding hydrogens is 430 g/mol. The van der Waals surface area contributed by atoms with Gasteiger partial charge < -0.3 is 24.4 Å². The maximum Gasteiger partial charge on any atom is 0.336 e. The number of likely N-dealkylation sites (N-methyl/N-ethyl adjacent to an activating group) is 1. The lowest BCUT2D eigenvalue weighted by Crippen LogP contribution is -2.44. The lowest BCUT2D eigenvalue weighted by atomic mass is 9.88. The van der Waals surface area contributed by atoms with Gasteiger partial charge in [-0.25, -0.2) is 4.79 Å². The highest BCUT2D eigenvalue weighted by molar-refractivity contribution is 5.92. The lowest BCUT2D eigenvalue weighted by Gasteiger charge is -2.41. The van der Waals surface area contributed by atoms with Gasteiger partial charge >= 0.3 is 5.97 Å². The third-order valence-electron chi connectivity index (χ3n) is 7.28. The second kappa shape index (κ2) is 13.1. The maximum atomic E-state index is 12.0. The number of hydrogen-bond acceptors (Lipinski definition) is 6. The fraction of sp³-hybridized carbons (Fsp3) is 0.667. The fourth-order valence-electron chi connectivity index (χ4n) is 5.16. The van der Waals surface area contributed by atoms with E-state index in [2.05, 4.69) is 46.6 Å². The number of carboxylic acids is 1. The van der Waals surface area contributed by atoms with Gasteiger partial charge in [-0.3, -0.25) is 4.90 Å². The Balaban J connectivity index is 1.76. The highest BCUT2D eigenvalue weighted by atomic mass is 16.5. The number of rotatable bonds is 9. The van der Waals surface area contributed by atoms with Gasteiger partial charge in [0.2, 0.25) is 0 Å². The molecular formula is C27H41N3O4. The molecule has 0 bridgehead atoms. The first-order chi connectivity index (χ1) is 16.4. The molecule has 1 heterocycles. The molecule has 34 heavy (non-hydrogen) atoms. The van der Waals surface area contributed by atoms with E-state index in [0.29, 0.717) is 24.2 Å². The van der Waals surface area contributed by atoms with Crippen molar-refractivity contribution in [1.29, 1.82) is 0 Å². The van der Waals surface area contributed by atoms with Crippen LogP contribution in [0.4, 0.5) is 5.69 Å². The molecule has 1 N–H and O–H groups in total. The first-order valence-corrected chi connectivity index (χ1v) is 12.6. The van der Waals surface area contributed by atoms with Crippen LogP contribution in [0.15, 0.2) is 12.1 Å². The number of methoxy groups -OCH3 is 1. The third-order valence-corrected chi connectivity index (χ3v) is 7.28. The first-order valence-electron chi connectivity index (χ1n) is 12.6. The van der Waals surface area contributed by atoms with E-state index >= 15 is 0 Å². The quantitative estimate of drug-likeness (QED) is 0.555. The van der Waals surface area contributed by atoms with Crippen LogP contribution in [0.3, 0.4) is 0 Å². The van der Waals surface area contributed by atoms with Crippen LogP contribution >= 0.6 is 0 Å². The number of benzene rings is 1. The van der Waals surface area contributed by atoms with E-state index in [9.17, 15) is 9.90 Å². The van der Waals surface area contributed by atoms with Gasteiger partial charge in [0.25, 0.3) is 0 Å². The Bertz CT molecular complexity index is 865. The Morgan fingerprint density at radius 2 is 1.88 bits per heavy atom. The van der Waals surface area contributed by atoms with Crippen molar-refractivity contribution >= 4 is 11.7 Å². The zero-order valence-corrected chi connectivity index (χ0v) is 21.3. The number of ether oxygens (including phenoxy) is 2. The number of carbonyl (C=O) groups is 1. The summed E-state index contributed by atoms with van der Waals surface area (Å²) in [5.41, 5.74) is 2.96. The zero-order chi connectivity index (χ0) is 24.5. The molecule has 2 fully saturated rings. The van der Waals surface area contributed by atoms with Crippen LogP contribution < -0.4 is 4.90 Å². The second-order valence-electron chi connectivity index (χ2n) is 9.39. The van der Waals surface area contributed by atoms with E-state index in [-0.39, 0.29) is 0 Å². The van der Waals surface area contributed by atoms with Gasteiger partial charge in [-0.1, -0.05) is 11.8 Å². The topological polar surface area (TPSA) is 65.5 Å². The Morgan fingerprint density at radius 3 is 2.50 bits per heavy atom. The fourth-order valence-corrected chi connectivity index (χ4v) is 5.16. The van der Waals surface area contributed by atoms with Gasteiger partial charge in [-0.05, 0) is 64.3 Å². The van der Waals surface area contributed by atoms with Crippen LogP contribution in [0.1, 0.15) is 54.1 Å². The Labute approximate surface area is 205 Å². The molecule has 1 aromatic rings. The Kier molecular flexibility index (Phi) is 10.2. The van der Waals surface area contributed by atoms with E-state index in [4.69, 9.17) is 9.47 Å². The summed E-state index contributed by atoms with van der Waals surface area (Å²) in [4.78, 5) is 19.1. The predicted octanol–water partition coefficient (Wildman–Crippen LogP) is 3.09. The molecule has 188 valence electrons. The van der Waals surface area contributed by atoms with Crippen molar-refractivity contribution in [1.82, 2.24) is 9.80 Å². The predicted molar refractivity (Wildman–Crippen MR) is 136 cm³/mol. The largest absolute Gasteiger partial charge is 0.478 e. The summed E-state index contributed by atoms with van der Waals surface area (Å²) in [6.45, 7) is 10.6. The van der Waals surface area contributed by atoms with Crippen molar-refractivity contribution in [3.8, 4) is 11.8 Å². The normalized spacial score (nSPS) is 21.2. The molecule has 3 rings (SSSR count). The molecule has 0 aromatic heterocycles. The molecule has 0 unspecified atom stereocenters. The van der Waals surface area contributed by atoms with Gasteiger partial charge in [0.15, 0.2) is 0 Å². The van der Waals surface area contributed by atoms with Gasteiger partial charge in [0.1, 0.15) is 0 Å². The molecule has 1 aliphatic carbocycles. The summed E-state index contributed by atoms with van der Waals surface area (Å²) >= 11 is 0. The van der Waals surface area contributed by atoms with Gasteiger partial charge in [0, 0.05) is 56.6 Å². The summed E-state index contributed by atoms with van der Waals surface area (Å²) in [6, 6.07) is 4.81. The van der Waals surface area contributed by atoms with E-state index in [1.165, 1.54) is 0 Å². The molecule has 1 aliphatic heterocycles. The summed E-state index contributed by atoms with van der Waals surface area (Å²) in [7, 11) is 3.93. The van der Waals surface area contributed by atoms with E-state index < -0.39 is 5.97 Å². The minimum atomic E-state index is -0.893. The first kappa shape index (κ1) is 26.5. The third kappa shape index (κ3) is 6.96. The maximum absolute atomic E-state index is 12.0. The second-order valence-corrected chi connectivity index (χ2v) is 9.39. The molecule has 2 aliphatic rings. The SMILES string of the molecule is CCN(c1cc(C#CCN2CCOCC2)cc(C(=O)O)c1C)C1CCC(N(C)CCOC)CC1. The molecule has 1 saturated carbocycles. The summed E-state index contributed by atoms with van der Waals surface area (Å²) in [5.74, 6) is 5.59. The monoisotopic (exact) mass is 471 g/mol. The smallest absolute Gasteiger partial charge is 0.336 e. The van der Waals surface area contributed by atoms with E-state index in [0.717, 1.165) is 88.5 Å². The number of hydrogen-bond donors (Lipinski definition) is 1. The molecule has 1 saturated heterocycles. The van der Waals surface area contributed by atoms with Gasteiger partial charge in [0.05, 0.1) is 31.9 Å². The van der Waals surface area contributed by atoms with Crippen LogP contribution in [-0.4, -0.2) is 99.7 Å². The van der Waals surface area contributed by atoms with Crippen LogP contribution in [0.5, 0.6) is 0 Å². The van der Waals surface area contributed by atoms with E-state index in [1.807, 2.05) is 6.92 Å². The van der Waals surface area contributed by atoms with Crippen molar-refractivity contribution in [2.24, 2.45) is 0 Å². The average Bonchev–Trinajstić information content (AvgIpc) is 2.85. The Morgan fingerprint density at radius 1 is 1.21 bits per heavy atom. The number of anilines is 1. The van der Waals surface area contributed by atoms with Crippen molar-refractivity contribution < 1.29 is 19.4 Å². The van der Waals surface area contributed by atoms with Crippen molar-refractivity contribution in [2.75, 3.05) is 71.6 Å². The minimum Gasteiger partial charge on any atom is -0.478 e. The van der Waals surface area contributed by atoms with Crippen molar-refractivity contribution in [3.05, 3.63) is 28.8 Å². The minimum absolute atomic E-state index is 0.347. The highest BCUT2D eigenvalue weighted by Crippen LogP contribution is 2.33. The Hall–Kier alpha value is -2.11. The molecule has 1 aromatic carbocycles. The van der Waals surface area contributed by atoms with Crippen LogP contribution in [0, 0.1) is 18.8 Å². The number of carboxylic acid groups (broad SMARTS) is 1. The molecule has 0 atom stereocenters. The molecule has 0 radical (unpaired) electrons. The molecule has 0 spiro atoms. The standard InChI is InChI=1S/C27H41N3O4/c1-5-30(24-10-8-23(9-11-24)28(3)13-16-33-4)26-20-22(19-25(21(26)2)27(31)32)7-6-12-29-14-17-34-18-15-29/h19-20,23-24H,5,8-18H2,1-4H3,(H,31,32). The average molecular weight is 472 g/mol. The molecule has 0 amide bonds. The van der Waals surface area contributed by atoms with Crippen LogP contribution in [0.2, 0.25) is 0 Å². The lowest BCUT2D eigenvalue weighted by molar-refractivity contribution is 0.0443.